The van der Waals surface area contributed by atoms with Gasteiger partial charge in [0.25, 0.3) is 0 Å². The van der Waals surface area contributed by atoms with Crippen LogP contribution in [0.25, 0.3) is 16.8 Å². The fourth-order valence-corrected chi connectivity index (χ4v) is 1.91. The van der Waals surface area contributed by atoms with Gasteiger partial charge in [-0.3, -0.25) is 4.79 Å². The first-order valence-corrected chi connectivity index (χ1v) is 6.25. The molecule has 2 aromatic rings. The van der Waals surface area contributed by atoms with Crippen LogP contribution >= 0.6 is 0 Å². The molecule has 0 bridgehead atoms. The summed E-state index contributed by atoms with van der Waals surface area (Å²) in [5, 5.41) is 11.9. The lowest BCUT2D eigenvalue weighted by Gasteiger charge is -2.04. The molecule has 98 valence electrons. The van der Waals surface area contributed by atoms with E-state index in [0.717, 1.165) is 10.8 Å². The van der Waals surface area contributed by atoms with Gasteiger partial charge in [-0.05, 0) is 12.3 Å². The van der Waals surface area contributed by atoms with Crippen LogP contribution in [-0.2, 0) is 9.53 Å². The summed E-state index contributed by atoms with van der Waals surface area (Å²) in [6, 6.07) is 11.4. The summed E-state index contributed by atoms with van der Waals surface area (Å²) in [6.07, 6.45) is 3.64. The zero-order chi connectivity index (χ0) is 13.7. The fourth-order valence-electron chi connectivity index (χ4n) is 1.91. The average molecular weight is 256 g/mol. The first-order valence-electron chi connectivity index (χ1n) is 6.25. The van der Waals surface area contributed by atoms with Gasteiger partial charge in [0, 0.05) is 10.9 Å². The van der Waals surface area contributed by atoms with E-state index < -0.39 is 0 Å². The van der Waals surface area contributed by atoms with Crippen molar-refractivity contribution >= 4 is 22.8 Å². The first kappa shape index (κ1) is 13.1. The molecule has 0 unspecified atom stereocenters. The molecule has 0 heterocycles. The van der Waals surface area contributed by atoms with E-state index in [1.165, 1.54) is 0 Å². The van der Waals surface area contributed by atoms with E-state index in [9.17, 15) is 9.90 Å². The number of hydrogen-bond acceptors (Lipinski definition) is 3. The molecule has 19 heavy (non-hydrogen) atoms. The SMILES string of the molecule is CCOC(=O)C/C=C/c1ccc2ccccc2c1O. The van der Waals surface area contributed by atoms with Gasteiger partial charge in [0.2, 0.25) is 0 Å². The summed E-state index contributed by atoms with van der Waals surface area (Å²) in [6.45, 7) is 2.16. The smallest absolute Gasteiger partial charge is 0.309 e. The number of phenolic OH excluding ortho intramolecular Hbond substituents is 1. The zero-order valence-corrected chi connectivity index (χ0v) is 10.8. The van der Waals surface area contributed by atoms with Gasteiger partial charge in [-0.15, -0.1) is 0 Å². The maximum atomic E-state index is 11.2. The Morgan fingerprint density at radius 3 is 2.84 bits per heavy atom. The van der Waals surface area contributed by atoms with E-state index in [-0.39, 0.29) is 18.1 Å². The summed E-state index contributed by atoms with van der Waals surface area (Å²) >= 11 is 0. The second kappa shape index (κ2) is 6.05. The Bertz CT molecular complexity index is 614. The molecule has 3 nitrogen and oxygen atoms in total. The zero-order valence-electron chi connectivity index (χ0n) is 10.8. The number of rotatable bonds is 4. The third-order valence-electron chi connectivity index (χ3n) is 2.82. The van der Waals surface area contributed by atoms with Gasteiger partial charge in [0.1, 0.15) is 5.75 Å². The van der Waals surface area contributed by atoms with Gasteiger partial charge in [0.15, 0.2) is 0 Å². The molecular formula is C16H16O3. The van der Waals surface area contributed by atoms with Crippen LogP contribution < -0.4 is 0 Å². The molecule has 2 rings (SSSR count). The molecule has 0 fully saturated rings. The second-order valence-electron chi connectivity index (χ2n) is 4.14. The summed E-state index contributed by atoms with van der Waals surface area (Å²) in [5.74, 6) is -0.0303. The van der Waals surface area contributed by atoms with Crippen LogP contribution in [0.5, 0.6) is 5.75 Å². The lowest BCUT2D eigenvalue weighted by atomic mass is 10.0. The van der Waals surface area contributed by atoms with E-state index >= 15 is 0 Å². The number of fused-ring (bicyclic) bond motifs is 1. The van der Waals surface area contributed by atoms with Crippen molar-refractivity contribution < 1.29 is 14.6 Å². The topological polar surface area (TPSA) is 46.5 Å². The Labute approximate surface area is 112 Å². The summed E-state index contributed by atoms with van der Waals surface area (Å²) in [4.78, 5) is 11.2. The Hall–Kier alpha value is -2.29. The van der Waals surface area contributed by atoms with Crippen molar-refractivity contribution in [2.75, 3.05) is 6.61 Å². The van der Waals surface area contributed by atoms with Crippen LogP contribution in [0.4, 0.5) is 0 Å². The van der Waals surface area contributed by atoms with Crippen molar-refractivity contribution in [3.8, 4) is 5.75 Å². The molecule has 0 saturated carbocycles. The van der Waals surface area contributed by atoms with Gasteiger partial charge in [-0.2, -0.15) is 0 Å². The predicted octanol–water partition coefficient (Wildman–Crippen LogP) is 3.51. The summed E-state index contributed by atoms with van der Waals surface area (Å²) in [7, 11) is 0. The molecule has 2 aromatic carbocycles. The van der Waals surface area contributed by atoms with Crippen molar-refractivity contribution in [3.63, 3.8) is 0 Å². The van der Waals surface area contributed by atoms with Gasteiger partial charge < -0.3 is 9.84 Å². The Kier molecular flexibility index (Phi) is 4.18. The van der Waals surface area contributed by atoms with Crippen LogP contribution in [0.1, 0.15) is 18.9 Å². The number of esters is 1. The number of phenols is 1. The number of aromatic hydroxyl groups is 1. The predicted molar refractivity (Wildman–Crippen MR) is 75.9 cm³/mol. The van der Waals surface area contributed by atoms with Crippen LogP contribution in [0.2, 0.25) is 0 Å². The number of ether oxygens (including phenoxy) is 1. The number of carbonyl (C=O) groups is 1. The van der Waals surface area contributed by atoms with E-state index in [4.69, 9.17) is 4.74 Å². The summed E-state index contributed by atoms with van der Waals surface area (Å²) in [5.41, 5.74) is 0.697. The molecule has 0 saturated heterocycles. The van der Waals surface area contributed by atoms with Crippen LogP contribution in [0.3, 0.4) is 0 Å². The van der Waals surface area contributed by atoms with Gasteiger partial charge >= 0.3 is 5.97 Å². The van der Waals surface area contributed by atoms with E-state index in [1.54, 1.807) is 19.1 Å². The minimum atomic E-state index is -0.265. The van der Waals surface area contributed by atoms with E-state index in [2.05, 4.69) is 0 Å². The number of hydrogen-bond donors (Lipinski definition) is 1. The third-order valence-corrected chi connectivity index (χ3v) is 2.82. The average Bonchev–Trinajstić information content (AvgIpc) is 2.42. The molecule has 0 radical (unpaired) electrons. The minimum absolute atomic E-state index is 0.208. The standard InChI is InChI=1S/C16H16O3/c1-2-19-15(17)9-5-7-13-11-10-12-6-3-4-8-14(12)16(13)18/h3-8,10-11,18H,2,9H2,1H3/b7-5+. The lowest BCUT2D eigenvalue weighted by molar-refractivity contribution is -0.142. The number of benzene rings is 2. The highest BCUT2D eigenvalue weighted by molar-refractivity contribution is 5.91. The first-order chi connectivity index (χ1) is 9.22. The van der Waals surface area contributed by atoms with Gasteiger partial charge in [-0.1, -0.05) is 48.6 Å². The van der Waals surface area contributed by atoms with Crippen LogP contribution in [0.15, 0.2) is 42.5 Å². The van der Waals surface area contributed by atoms with Crippen molar-refractivity contribution in [2.24, 2.45) is 0 Å². The van der Waals surface area contributed by atoms with Crippen LogP contribution in [-0.4, -0.2) is 17.7 Å². The number of carbonyl (C=O) groups excluding carboxylic acids is 1. The maximum absolute atomic E-state index is 11.2. The largest absolute Gasteiger partial charge is 0.507 e. The highest BCUT2D eigenvalue weighted by Crippen LogP contribution is 2.29. The summed E-state index contributed by atoms with van der Waals surface area (Å²) < 4.78 is 4.83. The molecule has 1 N–H and O–H groups in total. The Morgan fingerprint density at radius 2 is 2.05 bits per heavy atom. The lowest BCUT2D eigenvalue weighted by Crippen LogP contribution is -2.01. The molecule has 0 aromatic heterocycles. The molecule has 0 aliphatic rings. The monoisotopic (exact) mass is 256 g/mol. The third kappa shape index (κ3) is 3.13. The maximum Gasteiger partial charge on any atom is 0.309 e. The normalized spacial score (nSPS) is 11.0. The fraction of sp³-hybridized carbons (Fsp3) is 0.188. The van der Waals surface area contributed by atoms with Crippen LogP contribution in [0, 0.1) is 0 Å². The van der Waals surface area contributed by atoms with Crippen molar-refractivity contribution in [1.29, 1.82) is 0 Å². The molecule has 0 amide bonds. The Balaban J connectivity index is 2.19. The van der Waals surface area contributed by atoms with Gasteiger partial charge in [0.05, 0.1) is 13.0 Å². The highest BCUT2D eigenvalue weighted by Gasteiger charge is 2.03. The molecule has 0 aliphatic carbocycles. The molecule has 0 aliphatic heterocycles. The second-order valence-corrected chi connectivity index (χ2v) is 4.14. The van der Waals surface area contributed by atoms with Crippen molar-refractivity contribution in [1.82, 2.24) is 0 Å². The van der Waals surface area contributed by atoms with Crippen molar-refractivity contribution in [3.05, 3.63) is 48.0 Å². The highest BCUT2D eigenvalue weighted by atomic mass is 16.5. The van der Waals surface area contributed by atoms with E-state index in [1.807, 2.05) is 36.4 Å². The quantitative estimate of drug-likeness (QED) is 0.851. The molecule has 3 heteroatoms. The minimum Gasteiger partial charge on any atom is -0.507 e. The Morgan fingerprint density at radius 1 is 1.26 bits per heavy atom. The van der Waals surface area contributed by atoms with E-state index in [0.29, 0.717) is 12.2 Å². The van der Waals surface area contributed by atoms with Crippen molar-refractivity contribution in [2.45, 2.75) is 13.3 Å². The molecule has 0 atom stereocenters. The molecule has 0 spiro atoms. The van der Waals surface area contributed by atoms with Gasteiger partial charge in [-0.25, -0.2) is 0 Å². The molecular weight excluding hydrogens is 240 g/mol.